The van der Waals surface area contributed by atoms with Crippen LogP contribution in [0, 0.1) is 0 Å². The lowest BCUT2D eigenvalue weighted by atomic mass is 9.97. The van der Waals surface area contributed by atoms with Crippen LogP contribution in [0.1, 0.15) is 35.4 Å². The smallest absolute Gasteiger partial charge is 0.335 e. The van der Waals surface area contributed by atoms with Gasteiger partial charge in [0.25, 0.3) is 0 Å². The molecule has 122 valence electrons. The molecule has 0 saturated carbocycles. The van der Waals surface area contributed by atoms with Crippen LogP contribution in [0.2, 0.25) is 0 Å². The van der Waals surface area contributed by atoms with E-state index in [1.54, 1.807) is 0 Å². The topological polar surface area (TPSA) is 102 Å². The Kier molecular flexibility index (Phi) is 6.33. The van der Waals surface area contributed by atoms with E-state index in [1.807, 2.05) is 0 Å². The van der Waals surface area contributed by atoms with Crippen LogP contribution in [-0.2, 0) is 19.0 Å². The van der Waals surface area contributed by atoms with Gasteiger partial charge >= 0.3 is 5.97 Å². The quantitative estimate of drug-likeness (QED) is 0.582. The number of ketones is 1. The van der Waals surface area contributed by atoms with Crippen molar-refractivity contribution in [2.75, 3.05) is 21.3 Å². The molecule has 22 heavy (non-hydrogen) atoms. The molecule has 0 aliphatic carbocycles. The Morgan fingerprint density at radius 1 is 1.14 bits per heavy atom. The minimum absolute atomic E-state index is 0.00213. The summed E-state index contributed by atoms with van der Waals surface area (Å²) in [5.41, 5.74) is 0.0861. The molecule has 1 rings (SSSR count). The first-order valence-corrected chi connectivity index (χ1v) is 6.56. The highest BCUT2D eigenvalue weighted by molar-refractivity contribution is 5.97. The van der Waals surface area contributed by atoms with E-state index in [1.165, 1.54) is 40.4 Å². The molecule has 0 aliphatic heterocycles. The van der Waals surface area contributed by atoms with Crippen molar-refractivity contribution >= 4 is 11.8 Å². The van der Waals surface area contributed by atoms with E-state index < -0.39 is 18.2 Å². The number of Topliss-reactive ketones (excluding diaryl/α,β-unsaturated/α-hetero) is 1. The Labute approximate surface area is 128 Å². The molecule has 0 unspecified atom stereocenters. The molecule has 2 N–H and O–H groups in total. The first kappa shape index (κ1) is 17.9. The van der Waals surface area contributed by atoms with Gasteiger partial charge in [0.05, 0.1) is 24.3 Å². The van der Waals surface area contributed by atoms with Gasteiger partial charge in [-0.15, -0.1) is 0 Å². The summed E-state index contributed by atoms with van der Waals surface area (Å²) in [6, 6.07) is 2.61. The first-order chi connectivity index (χ1) is 10.4. The van der Waals surface area contributed by atoms with Gasteiger partial charge in [-0.2, -0.15) is 0 Å². The van der Waals surface area contributed by atoms with Crippen molar-refractivity contribution in [2.45, 2.75) is 25.6 Å². The van der Waals surface area contributed by atoms with Crippen molar-refractivity contribution in [3.63, 3.8) is 0 Å². The summed E-state index contributed by atoms with van der Waals surface area (Å²) < 4.78 is 14.9. The Hall–Kier alpha value is -2.12. The van der Waals surface area contributed by atoms with E-state index >= 15 is 0 Å². The maximum Gasteiger partial charge on any atom is 0.335 e. The lowest BCUT2D eigenvalue weighted by Crippen LogP contribution is -2.27. The van der Waals surface area contributed by atoms with Gasteiger partial charge < -0.3 is 24.4 Å². The summed E-state index contributed by atoms with van der Waals surface area (Å²) in [5, 5.41) is 20.2. The van der Waals surface area contributed by atoms with Crippen LogP contribution in [0.3, 0.4) is 0 Å². The lowest BCUT2D eigenvalue weighted by Gasteiger charge is -2.22. The van der Waals surface area contributed by atoms with Crippen molar-refractivity contribution in [1.29, 1.82) is 0 Å². The van der Waals surface area contributed by atoms with Gasteiger partial charge in [0.1, 0.15) is 11.5 Å². The first-order valence-electron chi connectivity index (χ1n) is 6.56. The predicted molar refractivity (Wildman–Crippen MR) is 77.0 cm³/mol. The average molecular weight is 312 g/mol. The number of ether oxygens (including phenoxy) is 3. The zero-order chi connectivity index (χ0) is 16.9. The summed E-state index contributed by atoms with van der Waals surface area (Å²) in [6.07, 6.45) is -1.79. The summed E-state index contributed by atoms with van der Waals surface area (Å²) >= 11 is 0. The number of phenols is 2. The van der Waals surface area contributed by atoms with Crippen molar-refractivity contribution in [3.05, 3.63) is 23.3 Å². The Morgan fingerprint density at radius 3 is 2.23 bits per heavy atom. The molecule has 7 nitrogen and oxygen atoms in total. The van der Waals surface area contributed by atoms with Crippen LogP contribution in [0.15, 0.2) is 12.1 Å². The third kappa shape index (κ3) is 3.75. The molecular weight excluding hydrogens is 292 g/mol. The van der Waals surface area contributed by atoms with Crippen molar-refractivity contribution in [3.8, 4) is 11.5 Å². The molecule has 2 atom stereocenters. The number of hydrogen-bond acceptors (Lipinski definition) is 7. The van der Waals surface area contributed by atoms with Gasteiger partial charge in [-0.3, -0.25) is 4.79 Å². The van der Waals surface area contributed by atoms with Gasteiger partial charge in [0, 0.05) is 20.6 Å². The zero-order valence-electron chi connectivity index (χ0n) is 13.0. The van der Waals surface area contributed by atoms with E-state index in [0.29, 0.717) is 0 Å². The van der Waals surface area contributed by atoms with Gasteiger partial charge in [-0.05, 0) is 19.1 Å². The van der Waals surface area contributed by atoms with Gasteiger partial charge in [0.2, 0.25) is 0 Å². The summed E-state index contributed by atoms with van der Waals surface area (Å²) in [4.78, 5) is 23.1. The highest BCUT2D eigenvalue weighted by atomic mass is 16.6. The highest BCUT2D eigenvalue weighted by Crippen LogP contribution is 2.39. The molecule has 0 radical (unpaired) electrons. The minimum atomic E-state index is -0.935. The number of carbonyl (C=O) groups excluding carboxylic acids is 2. The number of methoxy groups -OCH3 is 3. The van der Waals surface area contributed by atoms with E-state index in [2.05, 4.69) is 4.74 Å². The molecule has 0 aromatic heterocycles. The molecule has 0 bridgehead atoms. The fourth-order valence-corrected chi connectivity index (χ4v) is 2.15. The monoisotopic (exact) mass is 312 g/mol. The fourth-order valence-electron chi connectivity index (χ4n) is 2.15. The van der Waals surface area contributed by atoms with Crippen LogP contribution in [0.4, 0.5) is 0 Å². The predicted octanol–water partition coefficient (Wildman–Crippen LogP) is 1.57. The van der Waals surface area contributed by atoms with Gasteiger partial charge in [-0.25, -0.2) is 4.79 Å². The molecule has 0 heterocycles. The Bertz CT molecular complexity index is 553. The fraction of sp³-hybridized carbons (Fsp3) is 0.467. The van der Waals surface area contributed by atoms with Crippen molar-refractivity contribution < 1.29 is 34.0 Å². The molecule has 1 aromatic carbocycles. The third-order valence-corrected chi connectivity index (χ3v) is 3.36. The molecule has 0 spiro atoms. The minimum Gasteiger partial charge on any atom is -0.507 e. The maximum absolute atomic E-state index is 11.6. The van der Waals surface area contributed by atoms with E-state index in [9.17, 15) is 19.8 Å². The third-order valence-electron chi connectivity index (χ3n) is 3.36. The zero-order valence-corrected chi connectivity index (χ0v) is 13.0. The SMILES string of the molecule is COC(=O)[C@H](C[C@H](OC)c1c(O)ccc(C(C)=O)c1O)OC. The molecule has 0 fully saturated rings. The summed E-state index contributed by atoms with van der Waals surface area (Å²) in [5.74, 6) is -1.58. The molecule has 0 amide bonds. The summed E-state index contributed by atoms with van der Waals surface area (Å²) in [6.45, 7) is 1.30. The molecular formula is C15H20O7. The number of rotatable bonds is 7. The standard InChI is InChI=1S/C15H20O7/c1-8(16)9-5-6-10(17)13(14(9)18)11(20-2)7-12(21-3)15(19)22-4/h5-6,11-12,17-18H,7H2,1-4H3/t11-,12-/m0/s1. The number of carbonyl (C=O) groups is 2. The maximum atomic E-state index is 11.6. The van der Waals surface area contributed by atoms with Crippen LogP contribution in [0.5, 0.6) is 11.5 Å². The largest absolute Gasteiger partial charge is 0.507 e. The normalized spacial score (nSPS) is 13.5. The summed E-state index contributed by atoms with van der Waals surface area (Å²) in [7, 11) is 3.91. The number of hydrogen-bond donors (Lipinski definition) is 2. The van der Waals surface area contributed by atoms with Crippen LogP contribution in [-0.4, -0.2) is 49.4 Å². The molecule has 0 saturated heterocycles. The number of esters is 1. The molecule has 7 heteroatoms. The van der Waals surface area contributed by atoms with E-state index in [-0.39, 0.29) is 34.8 Å². The van der Waals surface area contributed by atoms with E-state index in [0.717, 1.165) is 0 Å². The van der Waals surface area contributed by atoms with Crippen LogP contribution in [0.25, 0.3) is 0 Å². The number of aromatic hydroxyl groups is 2. The van der Waals surface area contributed by atoms with Gasteiger partial charge in [0.15, 0.2) is 11.9 Å². The second-order valence-corrected chi connectivity index (χ2v) is 4.66. The average Bonchev–Trinajstić information content (AvgIpc) is 2.49. The molecule has 1 aromatic rings. The lowest BCUT2D eigenvalue weighted by molar-refractivity contribution is -0.154. The number of phenolic OH excluding ortho intramolecular Hbond substituents is 2. The van der Waals surface area contributed by atoms with Crippen LogP contribution >= 0.6 is 0 Å². The highest BCUT2D eigenvalue weighted by Gasteiger charge is 2.29. The van der Waals surface area contributed by atoms with E-state index in [4.69, 9.17) is 9.47 Å². The molecule has 0 aliphatic rings. The Balaban J connectivity index is 3.22. The van der Waals surface area contributed by atoms with Crippen molar-refractivity contribution in [2.24, 2.45) is 0 Å². The van der Waals surface area contributed by atoms with Crippen molar-refractivity contribution in [1.82, 2.24) is 0 Å². The van der Waals surface area contributed by atoms with Crippen LogP contribution < -0.4 is 0 Å². The number of benzene rings is 1. The second kappa shape index (κ2) is 7.77. The second-order valence-electron chi connectivity index (χ2n) is 4.66. The Morgan fingerprint density at radius 2 is 1.77 bits per heavy atom. The van der Waals surface area contributed by atoms with Gasteiger partial charge in [-0.1, -0.05) is 0 Å².